The predicted octanol–water partition coefficient (Wildman–Crippen LogP) is 3.25. The van der Waals surface area contributed by atoms with Gasteiger partial charge in [0.15, 0.2) is 0 Å². The number of hydrogen-bond donors (Lipinski definition) is 1. The van der Waals surface area contributed by atoms with Crippen LogP contribution in [-0.2, 0) is 0 Å². The minimum Gasteiger partial charge on any atom is -0.389 e. The van der Waals surface area contributed by atoms with Gasteiger partial charge < -0.3 is 10.0 Å². The molecule has 3 heteroatoms. The molecule has 1 N–H and O–H groups in total. The van der Waals surface area contributed by atoms with Crippen LogP contribution in [0.5, 0.6) is 0 Å². The molecule has 0 saturated carbocycles. The molecule has 1 aromatic heterocycles. The van der Waals surface area contributed by atoms with Gasteiger partial charge in [0.2, 0.25) is 0 Å². The molecule has 0 amide bonds. The molecule has 3 nitrogen and oxygen atoms in total. The first-order valence-electron chi connectivity index (χ1n) is 6.79. The van der Waals surface area contributed by atoms with Crippen molar-refractivity contribution in [2.75, 3.05) is 18.0 Å². The minimum absolute atomic E-state index is 0.438. The summed E-state index contributed by atoms with van der Waals surface area (Å²) in [6.45, 7) is 12.6. The van der Waals surface area contributed by atoms with Crippen molar-refractivity contribution in [3.63, 3.8) is 0 Å². The van der Waals surface area contributed by atoms with Crippen LogP contribution in [0.4, 0.5) is 5.82 Å². The molecule has 1 aromatic rings. The summed E-state index contributed by atoms with van der Waals surface area (Å²) in [5.74, 6) is 2.16. The molecule has 0 aliphatic rings. The first-order valence-corrected chi connectivity index (χ1v) is 6.79. The molecule has 0 radical (unpaired) electrons. The minimum atomic E-state index is -0.438. The van der Waals surface area contributed by atoms with Crippen LogP contribution in [0.3, 0.4) is 0 Å². The van der Waals surface area contributed by atoms with Crippen molar-refractivity contribution in [3.05, 3.63) is 23.9 Å². The fourth-order valence-corrected chi connectivity index (χ4v) is 2.01. The van der Waals surface area contributed by atoms with Gasteiger partial charge in [0.1, 0.15) is 5.82 Å². The Morgan fingerprint density at radius 1 is 1.11 bits per heavy atom. The molecular formula is C15H26N2O. The molecule has 0 aromatic carbocycles. The van der Waals surface area contributed by atoms with Crippen LogP contribution in [0, 0.1) is 11.8 Å². The molecule has 0 spiro atoms. The Balaban J connectivity index is 2.93. The summed E-state index contributed by atoms with van der Waals surface area (Å²) in [5.41, 5.74) is 0.928. The average Bonchev–Trinajstić information content (AvgIpc) is 2.27. The second-order valence-corrected chi connectivity index (χ2v) is 5.82. The highest BCUT2D eigenvalue weighted by atomic mass is 16.3. The Morgan fingerprint density at radius 3 is 2.11 bits per heavy atom. The highest BCUT2D eigenvalue weighted by Gasteiger charge is 2.13. The third-order valence-corrected chi connectivity index (χ3v) is 2.75. The van der Waals surface area contributed by atoms with Crippen LogP contribution in [0.25, 0.3) is 0 Å². The van der Waals surface area contributed by atoms with E-state index in [2.05, 4.69) is 37.6 Å². The van der Waals surface area contributed by atoms with Crippen molar-refractivity contribution in [2.45, 2.75) is 40.7 Å². The third kappa shape index (κ3) is 4.65. The van der Waals surface area contributed by atoms with Gasteiger partial charge in [-0.15, -0.1) is 0 Å². The molecule has 1 heterocycles. The zero-order chi connectivity index (χ0) is 13.7. The summed E-state index contributed by atoms with van der Waals surface area (Å²) in [6.07, 6.45) is 1.34. The number of nitrogens with zero attached hydrogens (tertiary/aromatic N) is 2. The topological polar surface area (TPSA) is 36.4 Å². The Labute approximate surface area is 111 Å². The Bertz CT molecular complexity index is 351. The molecule has 0 bridgehead atoms. The van der Waals surface area contributed by atoms with Crippen LogP contribution in [0.15, 0.2) is 18.3 Å². The molecule has 18 heavy (non-hydrogen) atoms. The van der Waals surface area contributed by atoms with E-state index >= 15 is 0 Å². The van der Waals surface area contributed by atoms with E-state index in [4.69, 9.17) is 0 Å². The Hall–Kier alpha value is -1.09. The number of anilines is 1. The van der Waals surface area contributed by atoms with Crippen LogP contribution < -0.4 is 4.90 Å². The van der Waals surface area contributed by atoms with E-state index in [0.29, 0.717) is 11.8 Å². The predicted molar refractivity (Wildman–Crippen MR) is 76.8 cm³/mol. The summed E-state index contributed by atoms with van der Waals surface area (Å²) in [4.78, 5) is 6.75. The van der Waals surface area contributed by atoms with E-state index < -0.39 is 6.10 Å². The maximum absolute atomic E-state index is 9.65. The molecule has 1 atom stereocenters. The monoisotopic (exact) mass is 250 g/mol. The Kier molecular flexibility index (Phi) is 5.60. The van der Waals surface area contributed by atoms with Crippen LogP contribution in [0.1, 0.15) is 46.3 Å². The molecule has 0 unspecified atom stereocenters. The van der Waals surface area contributed by atoms with Crippen molar-refractivity contribution in [2.24, 2.45) is 11.8 Å². The molecule has 102 valence electrons. The average molecular weight is 250 g/mol. The highest BCUT2D eigenvalue weighted by molar-refractivity contribution is 5.41. The number of pyridine rings is 1. The van der Waals surface area contributed by atoms with Crippen LogP contribution >= 0.6 is 0 Å². The van der Waals surface area contributed by atoms with Gasteiger partial charge >= 0.3 is 0 Å². The van der Waals surface area contributed by atoms with E-state index in [-0.39, 0.29) is 0 Å². The van der Waals surface area contributed by atoms with Gasteiger partial charge in [-0.25, -0.2) is 4.98 Å². The Morgan fingerprint density at radius 2 is 1.67 bits per heavy atom. The standard InChI is InChI=1S/C15H26N2O/c1-11(2)9-17(10-12(3)4)15-8-14(13(5)18)6-7-16-15/h6-8,11-13,18H,9-10H2,1-5H3/t13-/m0/s1. The van der Waals surface area contributed by atoms with E-state index in [9.17, 15) is 5.11 Å². The second-order valence-electron chi connectivity index (χ2n) is 5.82. The zero-order valence-corrected chi connectivity index (χ0v) is 12.2. The third-order valence-electron chi connectivity index (χ3n) is 2.75. The zero-order valence-electron chi connectivity index (χ0n) is 12.2. The van der Waals surface area contributed by atoms with E-state index in [0.717, 1.165) is 24.5 Å². The van der Waals surface area contributed by atoms with Crippen molar-refractivity contribution in [3.8, 4) is 0 Å². The molecule has 0 saturated heterocycles. The number of rotatable bonds is 6. The van der Waals surface area contributed by atoms with E-state index in [1.165, 1.54) is 0 Å². The summed E-state index contributed by atoms with van der Waals surface area (Å²) in [7, 11) is 0. The first-order chi connectivity index (χ1) is 8.40. The number of aromatic nitrogens is 1. The maximum atomic E-state index is 9.65. The van der Waals surface area contributed by atoms with Gasteiger partial charge in [0.05, 0.1) is 6.10 Å². The van der Waals surface area contributed by atoms with Crippen LogP contribution in [0.2, 0.25) is 0 Å². The SMILES string of the molecule is CC(C)CN(CC(C)C)c1cc([C@H](C)O)ccn1. The summed E-state index contributed by atoms with van der Waals surface area (Å²) in [6, 6.07) is 3.87. The van der Waals surface area contributed by atoms with Crippen LogP contribution in [-0.4, -0.2) is 23.2 Å². The summed E-state index contributed by atoms with van der Waals surface area (Å²) < 4.78 is 0. The van der Waals surface area contributed by atoms with E-state index in [1.807, 2.05) is 12.1 Å². The van der Waals surface area contributed by atoms with Crippen molar-refractivity contribution >= 4 is 5.82 Å². The van der Waals surface area contributed by atoms with Gasteiger partial charge in [-0.3, -0.25) is 0 Å². The molecule has 1 rings (SSSR count). The second kappa shape index (κ2) is 6.74. The fraction of sp³-hybridized carbons (Fsp3) is 0.667. The van der Waals surface area contributed by atoms with Crippen molar-refractivity contribution in [1.82, 2.24) is 4.98 Å². The van der Waals surface area contributed by atoms with Crippen molar-refractivity contribution in [1.29, 1.82) is 0 Å². The number of aliphatic hydroxyl groups excluding tert-OH is 1. The van der Waals surface area contributed by atoms with Gasteiger partial charge in [-0.1, -0.05) is 27.7 Å². The molecule has 0 aliphatic heterocycles. The summed E-state index contributed by atoms with van der Waals surface area (Å²) in [5, 5.41) is 9.65. The first kappa shape index (κ1) is 15.0. The summed E-state index contributed by atoms with van der Waals surface area (Å²) >= 11 is 0. The van der Waals surface area contributed by atoms with E-state index in [1.54, 1.807) is 13.1 Å². The lowest BCUT2D eigenvalue weighted by molar-refractivity contribution is 0.199. The van der Waals surface area contributed by atoms with Gasteiger partial charge in [-0.2, -0.15) is 0 Å². The highest BCUT2D eigenvalue weighted by Crippen LogP contribution is 2.19. The van der Waals surface area contributed by atoms with Gasteiger partial charge in [0.25, 0.3) is 0 Å². The normalized spacial score (nSPS) is 13.1. The van der Waals surface area contributed by atoms with Gasteiger partial charge in [-0.05, 0) is 36.5 Å². The lowest BCUT2D eigenvalue weighted by Crippen LogP contribution is -2.32. The lowest BCUT2D eigenvalue weighted by atomic mass is 10.1. The fourth-order valence-electron chi connectivity index (χ4n) is 2.01. The quantitative estimate of drug-likeness (QED) is 0.842. The maximum Gasteiger partial charge on any atom is 0.128 e. The molecular weight excluding hydrogens is 224 g/mol. The molecule has 0 aliphatic carbocycles. The number of aliphatic hydroxyl groups is 1. The van der Waals surface area contributed by atoms with Gasteiger partial charge in [0, 0.05) is 19.3 Å². The smallest absolute Gasteiger partial charge is 0.128 e. The lowest BCUT2D eigenvalue weighted by Gasteiger charge is -2.28. The number of hydrogen-bond acceptors (Lipinski definition) is 3. The largest absolute Gasteiger partial charge is 0.389 e. The van der Waals surface area contributed by atoms with Crippen molar-refractivity contribution < 1.29 is 5.11 Å². The molecule has 0 fully saturated rings.